The fraction of sp³-hybridized carbons (Fsp3) is 1.00. The highest BCUT2D eigenvalue weighted by Gasteiger charge is 2.51. The molecule has 0 bridgehead atoms. The summed E-state index contributed by atoms with van der Waals surface area (Å²) in [5.74, 6) is 1.30. The number of hydrogen-bond donors (Lipinski definition) is 1. The zero-order valence-corrected chi connectivity index (χ0v) is 10.6. The Bertz CT molecular complexity index is 241. The van der Waals surface area contributed by atoms with Crippen LogP contribution in [0, 0.1) is 17.8 Å². The van der Waals surface area contributed by atoms with Gasteiger partial charge in [0.2, 0.25) is 0 Å². The van der Waals surface area contributed by atoms with Gasteiger partial charge in [0.25, 0.3) is 0 Å². The summed E-state index contributed by atoms with van der Waals surface area (Å²) in [5.41, 5.74) is 0. The largest absolute Gasteiger partial charge is 0.394 e. The fourth-order valence-corrected chi connectivity index (χ4v) is 3.24. The van der Waals surface area contributed by atoms with Crippen molar-refractivity contribution in [3.05, 3.63) is 0 Å². The van der Waals surface area contributed by atoms with Crippen molar-refractivity contribution in [2.75, 3.05) is 13.2 Å². The number of aliphatic hydroxyl groups is 1. The van der Waals surface area contributed by atoms with Crippen LogP contribution in [0.25, 0.3) is 0 Å². The molecule has 1 heterocycles. The molecule has 1 saturated carbocycles. The van der Waals surface area contributed by atoms with E-state index in [0.717, 1.165) is 6.42 Å². The smallest absolute Gasteiger partial charge is 0.172 e. The second-order valence-corrected chi connectivity index (χ2v) is 5.78. The van der Waals surface area contributed by atoms with Crippen molar-refractivity contribution in [1.82, 2.24) is 0 Å². The maximum atomic E-state index is 9.17. The van der Waals surface area contributed by atoms with Crippen molar-refractivity contribution in [3.63, 3.8) is 0 Å². The highest BCUT2D eigenvalue weighted by atomic mass is 16.7. The molecular weight excluding hydrogens is 204 g/mol. The summed E-state index contributed by atoms with van der Waals surface area (Å²) < 4.78 is 12.0. The fourth-order valence-electron chi connectivity index (χ4n) is 3.24. The molecule has 3 heteroatoms. The van der Waals surface area contributed by atoms with Crippen LogP contribution in [0.15, 0.2) is 0 Å². The molecule has 1 aliphatic heterocycles. The van der Waals surface area contributed by atoms with Crippen molar-refractivity contribution in [2.24, 2.45) is 17.8 Å². The average Bonchev–Trinajstić information content (AvgIpc) is 2.61. The van der Waals surface area contributed by atoms with Gasteiger partial charge in [-0.3, -0.25) is 0 Å². The van der Waals surface area contributed by atoms with Crippen LogP contribution >= 0.6 is 0 Å². The molecule has 1 saturated heterocycles. The van der Waals surface area contributed by atoms with Gasteiger partial charge in [-0.2, -0.15) is 0 Å². The lowest BCUT2D eigenvalue weighted by Crippen LogP contribution is -2.47. The summed E-state index contributed by atoms with van der Waals surface area (Å²) in [4.78, 5) is 0. The van der Waals surface area contributed by atoms with Crippen molar-refractivity contribution >= 4 is 0 Å². The van der Waals surface area contributed by atoms with Crippen LogP contribution in [0.3, 0.4) is 0 Å². The third-order valence-corrected chi connectivity index (χ3v) is 4.06. The quantitative estimate of drug-likeness (QED) is 0.787. The normalized spacial score (nSPS) is 44.4. The highest BCUT2D eigenvalue weighted by molar-refractivity contribution is 4.92. The molecule has 1 spiro atoms. The van der Waals surface area contributed by atoms with E-state index in [9.17, 15) is 0 Å². The SMILES string of the molecule is CC(C)C1CC[C@@H](C)C[C@@]12OCC(CO)O2. The zero-order valence-electron chi connectivity index (χ0n) is 10.6. The highest BCUT2D eigenvalue weighted by Crippen LogP contribution is 2.47. The van der Waals surface area contributed by atoms with Gasteiger partial charge in [0.1, 0.15) is 6.10 Å². The first-order chi connectivity index (χ1) is 7.57. The molecule has 0 aromatic carbocycles. The standard InChI is InChI=1S/C13H24O3/c1-9(2)12-5-4-10(3)6-13(12)15-8-11(7-14)16-13/h9-12,14H,4-8H2,1-3H3/t10-,11?,12?,13+/m1/s1. The Hall–Kier alpha value is -0.120. The minimum absolute atomic E-state index is 0.0704. The van der Waals surface area contributed by atoms with Gasteiger partial charge in [-0.15, -0.1) is 0 Å². The van der Waals surface area contributed by atoms with Gasteiger partial charge in [-0.25, -0.2) is 0 Å². The van der Waals surface area contributed by atoms with Crippen LogP contribution in [-0.2, 0) is 9.47 Å². The van der Waals surface area contributed by atoms with Gasteiger partial charge >= 0.3 is 0 Å². The average molecular weight is 228 g/mol. The van der Waals surface area contributed by atoms with Crippen LogP contribution in [0.1, 0.15) is 40.0 Å². The maximum absolute atomic E-state index is 9.17. The van der Waals surface area contributed by atoms with E-state index in [4.69, 9.17) is 14.6 Å². The molecule has 0 amide bonds. The summed E-state index contributed by atoms with van der Waals surface area (Å²) in [5, 5.41) is 9.17. The minimum atomic E-state index is -0.404. The van der Waals surface area contributed by atoms with Crippen molar-refractivity contribution < 1.29 is 14.6 Å². The van der Waals surface area contributed by atoms with Gasteiger partial charge in [0, 0.05) is 12.3 Å². The van der Waals surface area contributed by atoms with Gasteiger partial charge in [-0.05, 0) is 18.3 Å². The first-order valence-corrected chi connectivity index (χ1v) is 6.50. The van der Waals surface area contributed by atoms with E-state index in [0.29, 0.717) is 24.4 Å². The van der Waals surface area contributed by atoms with Crippen molar-refractivity contribution in [1.29, 1.82) is 0 Å². The minimum Gasteiger partial charge on any atom is -0.394 e. The van der Waals surface area contributed by atoms with Crippen molar-refractivity contribution in [2.45, 2.75) is 51.9 Å². The Balaban J connectivity index is 2.13. The van der Waals surface area contributed by atoms with E-state index in [-0.39, 0.29) is 12.7 Å². The lowest BCUT2D eigenvalue weighted by Gasteiger charge is -2.44. The monoisotopic (exact) mass is 228 g/mol. The van der Waals surface area contributed by atoms with Crippen LogP contribution in [0.4, 0.5) is 0 Å². The van der Waals surface area contributed by atoms with Crippen LogP contribution in [0.2, 0.25) is 0 Å². The van der Waals surface area contributed by atoms with Gasteiger partial charge in [0.15, 0.2) is 5.79 Å². The number of rotatable bonds is 2. The first kappa shape index (κ1) is 12.3. The van der Waals surface area contributed by atoms with E-state index >= 15 is 0 Å². The summed E-state index contributed by atoms with van der Waals surface area (Å²) in [6, 6.07) is 0. The summed E-state index contributed by atoms with van der Waals surface area (Å²) >= 11 is 0. The molecular formula is C13H24O3. The van der Waals surface area contributed by atoms with Gasteiger partial charge in [0.05, 0.1) is 13.2 Å². The predicted octanol–water partition coefficient (Wildman–Crippen LogP) is 2.18. The van der Waals surface area contributed by atoms with E-state index in [1.54, 1.807) is 0 Å². The molecule has 4 atom stereocenters. The molecule has 0 aromatic rings. The van der Waals surface area contributed by atoms with Crippen LogP contribution in [-0.4, -0.2) is 30.2 Å². The molecule has 2 aliphatic rings. The Kier molecular flexibility index (Phi) is 3.57. The van der Waals surface area contributed by atoms with E-state index in [1.165, 1.54) is 12.8 Å². The molecule has 3 nitrogen and oxygen atoms in total. The van der Waals surface area contributed by atoms with E-state index < -0.39 is 5.79 Å². The lowest BCUT2D eigenvalue weighted by atomic mass is 9.73. The van der Waals surface area contributed by atoms with Crippen LogP contribution in [0.5, 0.6) is 0 Å². The van der Waals surface area contributed by atoms with Gasteiger partial charge in [-0.1, -0.05) is 27.2 Å². The summed E-state index contributed by atoms with van der Waals surface area (Å²) in [7, 11) is 0. The lowest BCUT2D eigenvalue weighted by molar-refractivity contribution is -0.240. The Morgan fingerprint density at radius 1 is 1.38 bits per heavy atom. The van der Waals surface area contributed by atoms with Crippen molar-refractivity contribution in [3.8, 4) is 0 Å². The second-order valence-electron chi connectivity index (χ2n) is 5.78. The third-order valence-electron chi connectivity index (χ3n) is 4.06. The Morgan fingerprint density at radius 3 is 2.69 bits per heavy atom. The maximum Gasteiger partial charge on any atom is 0.172 e. The Morgan fingerprint density at radius 2 is 2.12 bits per heavy atom. The molecule has 2 rings (SSSR count). The number of aliphatic hydroxyl groups excluding tert-OH is 1. The summed E-state index contributed by atoms with van der Waals surface area (Å²) in [6.45, 7) is 7.35. The molecule has 2 fully saturated rings. The predicted molar refractivity (Wildman–Crippen MR) is 62.0 cm³/mol. The van der Waals surface area contributed by atoms with Crippen LogP contribution < -0.4 is 0 Å². The number of hydrogen-bond acceptors (Lipinski definition) is 3. The number of ether oxygens (including phenoxy) is 2. The summed E-state index contributed by atoms with van der Waals surface area (Å²) in [6.07, 6.45) is 3.30. The molecule has 16 heavy (non-hydrogen) atoms. The molecule has 1 aliphatic carbocycles. The van der Waals surface area contributed by atoms with Gasteiger partial charge < -0.3 is 14.6 Å². The Labute approximate surface area is 98.1 Å². The second kappa shape index (κ2) is 4.63. The zero-order chi connectivity index (χ0) is 11.8. The molecule has 94 valence electrons. The molecule has 2 unspecified atom stereocenters. The topological polar surface area (TPSA) is 38.7 Å². The van der Waals surface area contributed by atoms with E-state index in [2.05, 4.69) is 20.8 Å². The molecule has 0 aromatic heterocycles. The molecule has 0 radical (unpaired) electrons. The molecule has 1 N–H and O–H groups in total. The third kappa shape index (κ3) is 2.13. The first-order valence-electron chi connectivity index (χ1n) is 6.50. The van der Waals surface area contributed by atoms with E-state index in [1.807, 2.05) is 0 Å².